The van der Waals surface area contributed by atoms with Crippen molar-refractivity contribution < 1.29 is 9.53 Å². The number of hydrogen-bond acceptors (Lipinski definition) is 3. The van der Waals surface area contributed by atoms with Crippen LogP contribution in [0.2, 0.25) is 4.34 Å². The molecule has 1 aromatic rings. The maximum atomic E-state index is 11.0. The van der Waals surface area contributed by atoms with E-state index in [4.69, 9.17) is 11.6 Å². The average molecular weight is 220 g/mol. The summed E-state index contributed by atoms with van der Waals surface area (Å²) in [5.74, 6) is 0. The van der Waals surface area contributed by atoms with E-state index in [-0.39, 0.29) is 6.09 Å². The fraction of sp³-hybridized carbons (Fsp3) is 0.375. The van der Waals surface area contributed by atoms with Crippen molar-refractivity contribution in [3.8, 4) is 0 Å². The minimum Gasteiger partial charge on any atom is -0.453 e. The number of rotatable bonds is 2. The zero-order chi connectivity index (χ0) is 9.84. The van der Waals surface area contributed by atoms with E-state index in [9.17, 15) is 4.79 Å². The number of nitrogens with zero attached hydrogens (tertiary/aromatic N) is 1. The van der Waals surface area contributed by atoms with E-state index in [0.29, 0.717) is 6.54 Å². The first kappa shape index (κ1) is 10.3. The lowest BCUT2D eigenvalue weighted by Gasteiger charge is -2.13. The van der Waals surface area contributed by atoms with Gasteiger partial charge in [-0.25, -0.2) is 4.79 Å². The molecule has 1 heterocycles. The summed E-state index contributed by atoms with van der Waals surface area (Å²) in [7, 11) is 3.04. The Morgan fingerprint density at radius 3 is 2.85 bits per heavy atom. The number of carbonyl (C=O) groups is 1. The Labute approximate surface area is 85.9 Å². The molecule has 0 aliphatic heterocycles. The van der Waals surface area contributed by atoms with E-state index in [1.807, 2.05) is 12.1 Å². The van der Waals surface area contributed by atoms with E-state index >= 15 is 0 Å². The summed E-state index contributed by atoms with van der Waals surface area (Å²) < 4.78 is 5.28. The van der Waals surface area contributed by atoms with Crippen molar-refractivity contribution in [3.63, 3.8) is 0 Å². The summed E-state index contributed by atoms with van der Waals surface area (Å²) in [5, 5.41) is 0. The third-order valence-electron chi connectivity index (χ3n) is 1.51. The SMILES string of the molecule is COC(=O)N(C)Cc1ccc(Cl)s1. The molecule has 0 bridgehead atoms. The van der Waals surface area contributed by atoms with Crippen LogP contribution >= 0.6 is 22.9 Å². The van der Waals surface area contributed by atoms with Crippen LogP contribution in [0.3, 0.4) is 0 Å². The molecule has 13 heavy (non-hydrogen) atoms. The van der Waals surface area contributed by atoms with E-state index in [2.05, 4.69) is 4.74 Å². The molecular formula is C8H10ClNO2S. The van der Waals surface area contributed by atoms with Gasteiger partial charge in [0.25, 0.3) is 0 Å². The number of thiophene rings is 1. The standard InChI is InChI=1S/C8H10ClNO2S/c1-10(8(11)12-2)5-6-3-4-7(9)13-6/h3-4H,5H2,1-2H3. The maximum Gasteiger partial charge on any atom is 0.409 e. The predicted molar refractivity (Wildman–Crippen MR) is 53.2 cm³/mol. The van der Waals surface area contributed by atoms with E-state index < -0.39 is 0 Å². The minimum absolute atomic E-state index is 0.343. The van der Waals surface area contributed by atoms with Crippen molar-refractivity contribution in [1.29, 1.82) is 0 Å². The molecule has 5 heteroatoms. The molecule has 0 fully saturated rings. The first-order chi connectivity index (χ1) is 6.13. The highest BCUT2D eigenvalue weighted by Gasteiger charge is 2.09. The van der Waals surface area contributed by atoms with Gasteiger partial charge in [0.15, 0.2) is 0 Å². The van der Waals surface area contributed by atoms with E-state index in [1.165, 1.54) is 23.3 Å². The lowest BCUT2D eigenvalue weighted by atomic mass is 10.4. The van der Waals surface area contributed by atoms with Crippen LogP contribution in [0.15, 0.2) is 12.1 Å². The molecule has 0 aliphatic rings. The summed E-state index contributed by atoms with van der Waals surface area (Å²) >= 11 is 7.20. The van der Waals surface area contributed by atoms with Crippen molar-refractivity contribution in [1.82, 2.24) is 4.90 Å². The van der Waals surface area contributed by atoms with Crippen LogP contribution in [-0.2, 0) is 11.3 Å². The molecule has 0 saturated carbocycles. The normalized spacial score (nSPS) is 9.77. The van der Waals surface area contributed by atoms with Gasteiger partial charge in [-0.1, -0.05) is 11.6 Å². The van der Waals surface area contributed by atoms with Crippen LogP contribution in [-0.4, -0.2) is 25.2 Å². The molecule has 0 saturated heterocycles. The van der Waals surface area contributed by atoms with Gasteiger partial charge < -0.3 is 9.64 Å². The molecular weight excluding hydrogens is 210 g/mol. The van der Waals surface area contributed by atoms with Crippen molar-refractivity contribution in [2.24, 2.45) is 0 Å². The average Bonchev–Trinajstić information content (AvgIpc) is 2.49. The van der Waals surface area contributed by atoms with Crippen LogP contribution < -0.4 is 0 Å². The summed E-state index contributed by atoms with van der Waals surface area (Å²) in [4.78, 5) is 13.5. The molecule has 0 N–H and O–H groups in total. The number of ether oxygens (including phenoxy) is 1. The molecule has 0 aromatic carbocycles. The Morgan fingerprint density at radius 1 is 1.69 bits per heavy atom. The maximum absolute atomic E-state index is 11.0. The Morgan fingerprint density at radius 2 is 2.38 bits per heavy atom. The van der Waals surface area contributed by atoms with Gasteiger partial charge in [-0.15, -0.1) is 11.3 Å². The molecule has 0 radical (unpaired) electrons. The van der Waals surface area contributed by atoms with Crippen molar-refractivity contribution in [3.05, 3.63) is 21.3 Å². The second kappa shape index (κ2) is 4.48. The highest BCUT2D eigenvalue weighted by atomic mass is 35.5. The summed E-state index contributed by atoms with van der Waals surface area (Å²) in [5.41, 5.74) is 0. The number of carbonyl (C=O) groups excluding carboxylic acids is 1. The quantitative estimate of drug-likeness (QED) is 0.765. The van der Waals surface area contributed by atoms with Crippen LogP contribution in [0.5, 0.6) is 0 Å². The summed E-state index contributed by atoms with van der Waals surface area (Å²) in [6, 6.07) is 3.71. The van der Waals surface area contributed by atoms with Gasteiger partial charge in [-0.05, 0) is 12.1 Å². The highest BCUT2D eigenvalue weighted by Crippen LogP contribution is 2.22. The fourth-order valence-electron chi connectivity index (χ4n) is 0.891. The number of amides is 1. The molecule has 0 unspecified atom stereocenters. The zero-order valence-electron chi connectivity index (χ0n) is 7.41. The topological polar surface area (TPSA) is 29.5 Å². The van der Waals surface area contributed by atoms with Gasteiger partial charge in [0.1, 0.15) is 0 Å². The van der Waals surface area contributed by atoms with Crippen LogP contribution in [0.25, 0.3) is 0 Å². The number of halogens is 1. The van der Waals surface area contributed by atoms with Gasteiger partial charge in [-0.3, -0.25) is 0 Å². The van der Waals surface area contributed by atoms with Crippen molar-refractivity contribution in [2.45, 2.75) is 6.54 Å². The van der Waals surface area contributed by atoms with Crippen LogP contribution in [0, 0.1) is 0 Å². The molecule has 0 spiro atoms. The molecule has 1 amide bonds. The van der Waals surface area contributed by atoms with E-state index in [1.54, 1.807) is 7.05 Å². The van der Waals surface area contributed by atoms with Gasteiger partial charge in [0.05, 0.1) is 18.0 Å². The van der Waals surface area contributed by atoms with Crippen molar-refractivity contribution in [2.75, 3.05) is 14.2 Å². The molecule has 1 rings (SSSR count). The lowest BCUT2D eigenvalue weighted by Crippen LogP contribution is -2.25. The monoisotopic (exact) mass is 219 g/mol. The first-order valence-electron chi connectivity index (χ1n) is 3.67. The molecule has 0 atom stereocenters. The Hall–Kier alpha value is -0.740. The molecule has 0 aliphatic carbocycles. The molecule has 72 valence electrons. The Bertz CT molecular complexity index is 300. The smallest absolute Gasteiger partial charge is 0.409 e. The fourth-order valence-corrected chi connectivity index (χ4v) is 2.03. The van der Waals surface area contributed by atoms with Gasteiger partial charge in [-0.2, -0.15) is 0 Å². The number of hydrogen-bond donors (Lipinski definition) is 0. The predicted octanol–water partition coefficient (Wildman–Crippen LogP) is 2.60. The minimum atomic E-state index is -0.343. The van der Waals surface area contributed by atoms with Gasteiger partial charge in [0.2, 0.25) is 0 Å². The first-order valence-corrected chi connectivity index (χ1v) is 4.86. The Kier molecular flexibility index (Phi) is 3.57. The lowest BCUT2D eigenvalue weighted by molar-refractivity contribution is 0.131. The third kappa shape index (κ3) is 2.90. The second-order valence-electron chi connectivity index (χ2n) is 2.53. The van der Waals surface area contributed by atoms with Crippen LogP contribution in [0.1, 0.15) is 4.88 Å². The zero-order valence-corrected chi connectivity index (χ0v) is 8.98. The summed E-state index contributed by atoms with van der Waals surface area (Å²) in [6.07, 6.45) is -0.343. The summed E-state index contributed by atoms with van der Waals surface area (Å²) in [6.45, 7) is 0.532. The molecule has 3 nitrogen and oxygen atoms in total. The van der Waals surface area contributed by atoms with Crippen molar-refractivity contribution >= 4 is 29.0 Å². The highest BCUT2D eigenvalue weighted by molar-refractivity contribution is 7.16. The third-order valence-corrected chi connectivity index (χ3v) is 2.72. The second-order valence-corrected chi connectivity index (χ2v) is 4.33. The van der Waals surface area contributed by atoms with Gasteiger partial charge >= 0.3 is 6.09 Å². The molecule has 1 aromatic heterocycles. The van der Waals surface area contributed by atoms with Crippen LogP contribution in [0.4, 0.5) is 4.79 Å². The van der Waals surface area contributed by atoms with E-state index in [0.717, 1.165) is 9.21 Å². The van der Waals surface area contributed by atoms with Gasteiger partial charge in [0, 0.05) is 11.9 Å². The largest absolute Gasteiger partial charge is 0.453 e. The Balaban J connectivity index is 2.54. The number of methoxy groups -OCH3 is 1.